The number of fused-ring (bicyclic) bond motifs is 1. The number of aryl methyl sites for hydroxylation is 1. The van der Waals surface area contributed by atoms with Gasteiger partial charge >= 0.3 is 0 Å². The van der Waals surface area contributed by atoms with Gasteiger partial charge in [0.15, 0.2) is 0 Å². The normalized spacial score (nSPS) is 15.6. The topological polar surface area (TPSA) is 53.9 Å². The average molecular weight is 319 g/mol. The Labute approximate surface area is 141 Å². The van der Waals surface area contributed by atoms with Crippen molar-refractivity contribution in [1.29, 1.82) is 0 Å². The predicted octanol–water partition coefficient (Wildman–Crippen LogP) is 3.41. The van der Waals surface area contributed by atoms with Gasteiger partial charge in [-0.3, -0.25) is 0 Å². The number of anilines is 2. The molecule has 5 heteroatoms. The van der Waals surface area contributed by atoms with E-state index in [-0.39, 0.29) is 0 Å². The van der Waals surface area contributed by atoms with E-state index >= 15 is 0 Å². The smallest absolute Gasteiger partial charge is 0.139 e. The fraction of sp³-hybridized carbons (Fsp3) is 0.316. The molecule has 1 saturated heterocycles. The molecule has 0 radical (unpaired) electrons. The molecule has 0 amide bonds. The third-order valence-corrected chi connectivity index (χ3v) is 4.56. The van der Waals surface area contributed by atoms with Gasteiger partial charge in [0.2, 0.25) is 0 Å². The zero-order valence-electron chi connectivity index (χ0n) is 13.8. The number of pyridine rings is 1. The van der Waals surface area contributed by atoms with Gasteiger partial charge < -0.3 is 10.2 Å². The molecular weight excluding hydrogens is 298 g/mol. The second-order valence-electron chi connectivity index (χ2n) is 6.28. The number of aromatic nitrogens is 3. The molecule has 0 atom stereocenters. The van der Waals surface area contributed by atoms with Crippen LogP contribution in [0.15, 0.2) is 48.8 Å². The largest absolute Gasteiger partial charge is 0.367 e. The van der Waals surface area contributed by atoms with E-state index in [1.165, 1.54) is 0 Å². The molecule has 24 heavy (non-hydrogen) atoms. The molecule has 2 aromatic heterocycles. The van der Waals surface area contributed by atoms with Crippen molar-refractivity contribution in [3.63, 3.8) is 0 Å². The average Bonchev–Trinajstić information content (AvgIpc) is 2.62. The first-order valence-corrected chi connectivity index (χ1v) is 8.44. The number of nitrogens with one attached hydrogen (secondary N) is 1. The van der Waals surface area contributed by atoms with Crippen LogP contribution in [-0.4, -0.2) is 34.1 Å². The first-order chi connectivity index (χ1) is 11.8. The van der Waals surface area contributed by atoms with Gasteiger partial charge in [-0.15, -0.1) is 0 Å². The summed E-state index contributed by atoms with van der Waals surface area (Å²) in [7, 11) is 0. The van der Waals surface area contributed by atoms with Gasteiger partial charge in [0.1, 0.15) is 18.0 Å². The molecule has 1 aromatic carbocycles. The number of nitrogens with zero attached hydrogens (tertiary/aromatic N) is 4. The molecule has 122 valence electrons. The van der Waals surface area contributed by atoms with E-state index < -0.39 is 0 Å². The Morgan fingerprint density at radius 2 is 1.83 bits per heavy atom. The van der Waals surface area contributed by atoms with Crippen molar-refractivity contribution in [3.05, 3.63) is 54.5 Å². The Balaban J connectivity index is 1.46. The van der Waals surface area contributed by atoms with Crippen molar-refractivity contribution in [2.24, 2.45) is 0 Å². The summed E-state index contributed by atoms with van der Waals surface area (Å²) in [6.07, 6.45) is 3.82. The summed E-state index contributed by atoms with van der Waals surface area (Å²) in [4.78, 5) is 15.8. The quantitative estimate of drug-likeness (QED) is 0.802. The molecule has 0 spiro atoms. The third-order valence-electron chi connectivity index (χ3n) is 4.56. The van der Waals surface area contributed by atoms with Gasteiger partial charge in [0.25, 0.3) is 0 Å². The fourth-order valence-corrected chi connectivity index (χ4v) is 3.31. The SMILES string of the molecule is Cc1cccc(NC2CCN(c3ncnc4ccccc34)CC2)n1. The number of rotatable bonds is 3. The molecule has 1 aliphatic heterocycles. The summed E-state index contributed by atoms with van der Waals surface area (Å²) in [5.41, 5.74) is 2.05. The molecule has 3 aromatic rings. The second kappa shape index (κ2) is 6.43. The minimum atomic E-state index is 0.462. The molecule has 0 unspecified atom stereocenters. The first-order valence-electron chi connectivity index (χ1n) is 8.44. The Morgan fingerprint density at radius 1 is 1.00 bits per heavy atom. The zero-order valence-corrected chi connectivity index (χ0v) is 13.8. The Morgan fingerprint density at radius 3 is 2.67 bits per heavy atom. The summed E-state index contributed by atoms with van der Waals surface area (Å²) in [5, 5.41) is 4.69. The van der Waals surface area contributed by atoms with E-state index in [9.17, 15) is 0 Å². The highest BCUT2D eigenvalue weighted by molar-refractivity contribution is 5.89. The van der Waals surface area contributed by atoms with Crippen molar-refractivity contribution in [2.45, 2.75) is 25.8 Å². The van der Waals surface area contributed by atoms with Gasteiger partial charge in [0, 0.05) is 30.2 Å². The Kier molecular flexibility index (Phi) is 3.99. The van der Waals surface area contributed by atoms with E-state index in [2.05, 4.69) is 31.2 Å². The monoisotopic (exact) mass is 319 g/mol. The van der Waals surface area contributed by atoms with Crippen molar-refractivity contribution in [1.82, 2.24) is 15.0 Å². The van der Waals surface area contributed by atoms with E-state index in [0.717, 1.165) is 54.2 Å². The zero-order chi connectivity index (χ0) is 16.4. The molecule has 0 bridgehead atoms. The van der Waals surface area contributed by atoms with Crippen molar-refractivity contribution >= 4 is 22.5 Å². The minimum Gasteiger partial charge on any atom is -0.367 e. The van der Waals surface area contributed by atoms with Crippen LogP contribution in [0.1, 0.15) is 18.5 Å². The van der Waals surface area contributed by atoms with Crippen LogP contribution in [0, 0.1) is 6.92 Å². The van der Waals surface area contributed by atoms with Crippen LogP contribution in [0.3, 0.4) is 0 Å². The lowest BCUT2D eigenvalue weighted by Gasteiger charge is -2.33. The highest BCUT2D eigenvalue weighted by Gasteiger charge is 2.21. The number of piperidine rings is 1. The fourth-order valence-electron chi connectivity index (χ4n) is 3.31. The molecule has 1 N–H and O–H groups in total. The van der Waals surface area contributed by atoms with Gasteiger partial charge in [-0.25, -0.2) is 15.0 Å². The maximum atomic E-state index is 4.54. The van der Waals surface area contributed by atoms with Gasteiger partial charge in [-0.2, -0.15) is 0 Å². The van der Waals surface area contributed by atoms with Gasteiger partial charge in [-0.05, 0) is 44.0 Å². The first kappa shape index (κ1) is 14.9. The minimum absolute atomic E-state index is 0.462. The van der Waals surface area contributed by atoms with Crippen LogP contribution >= 0.6 is 0 Å². The summed E-state index contributed by atoms with van der Waals surface area (Å²) >= 11 is 0. The van der Waals surface area contributed by atoms with Crippen molar-refractivity contribution < 1.29 is 0 Å². The van der Waals surface area contributed by atoms with Crippen LogP contribution < -0.4 is 10.2 Å². The number of benzene rings is 1. The van der Waals surface area contributed by atoms with Crippen LogP contribution in [0.2, 0.25) is 0 Å². The lowest BCUT2D eigenvalue weighted by atomic mass is 10.0. The maximum absolute atomic E-state index is 4.54. The van der Waals surface area contributed by atoms with Crippen LogP contribution in [0.5, 0.6) is 0 Å². The Hall–Kier alpha value is -2.69. The molecule has 0 saturated carbocycles. The lowest BCUT2D eigenvalue weighted by Crippen LogP contribution is -2.39. The molecule has 3 heterocycles. The number of hydrogen-bond acceptors (Lipinski definition) is 5. The van der Waals surface area contributed by atoms with E-state index in [1.54, 1.807) is 6.33 Å². The summed E-state index contributed by atoms with van der Waals surface area (Å²) in [6, 6.07) is 14.8. The van der Waals surface area contributed by atoms with E-state index in [1.807, 2.05) is 43.3 Å². The molecule has 5 nitrogen and oxygen atoms in total. The number of para-hydroxylation sites is 1. The third kappa shape index (κ3) is 3.02. The van der Waals surface area contributed by atoms with Crippen LogP contribution in [0.4, 0.5) is 11.6 Å². The highest BCUT2D eigenvalue weighted by atomic mass is 15.2. The summed E-state index contributed by atoms with van der Waals surface area (Å²) in [6.45, 7) is 4.00. The van der Waals surface area contributed by atoms with E-state index in [0.29, 0.717) is 6.04 Å². The van der Waals surface area contributed by atoms with Gasteiger partial charge in [0.05, 0.1) is 5.52 Å². The van der Waals surface area contributed by atoms with E-state index in [4.69, 9.17) is 0 Å². The highest BCUT2D eigenvalue weighted by Crippen LogP contribution is 2.26. The number of hydrogen-bond donors (Lipinski definition) is 1. The molecule has 4 rings (SSSR count). The van der Waals surface area contributed by atoms with Crippen LogP contribution in [0.25, 0.3) is 10.9 Å². The molecule has 1 fully saturated rings. The second-order valence-corrected chi connectivity index (χ2v) is 6.28. The molecule has 0 aliphatic carbocycles. The summed E-state index contributed by atoms with van der Waals surface area (Å²) in [5.74, 6) is 2.02. The lowest BCUT2D eigenvalue weighted by molar-refractivity contribution is 0.523. The standard InChI is InChI=1S/C19H21N5/c1-14-5-4-8-18(22-14)23-15-9-11-24(12-10-15)19-16-6-2-3-7-17(16)20-13-21-19/h2-8,13,15H,9-12H2,1H3,(H,22,23). The molecular formula is C19H21N5. The van der Waals surface area contributed by atoms with Crippen molar-refractivity contribution in [3.8, 4) is 0 Å². The van der Waals surface area contributed by atoms with Gasteiger partial charge in [-0.1, -0.05) is 18.2 Å². The Bertz CT molecular complexity index is 835. The molecule has 1 aliphatic rings. The van der Waals surface area contributed by atoms with Crippen molar-refractivity contribution in [2.75, 3.05) is 23.3 Å². The van der Waals surface area contributed by atoms with Crippen LogP contribution in [-0.2, 0) is 0 Å². The predicted molar refractivity (Wildman–Crippen MR) is 97.4 cm³/mol. The summed E-state index contributed by atoms with van der Waals surface area (Å²) < 4.78 is 0. The maximum Gasteiger partial charge on any atom is 0.139 e.